The Bertz CT molecular complexity index is 442. The zero-order valence-electron chi connectivity index (χ0n) is 7.87. The Morgan fingerprint density at radius 3 is 3.07 bits per heavy atom. The molecule has 1 aromatic carbocycles. The fraction of sp³-hybridized carbons (Fsp3) is 0.100. The summed E-state index contributed by atoms with van der Waals surface area (Å²) in [5.41, 5.74) is 1.74. The summed E-state index contributed by atoms with van der Waals surface area (Å²) < 4.78 is 0.948. The molecule has 1 aromatic heterocycles. The Kier molecular flexibility index (Phi) is 2.91. The molecule has 0 bridgehead atoms. The molecule has 0 unspecified atom stereocenters. The minimum atomic E-state index is 0.286. The van der Waals surface area contributed by atoms with Crippen molar-refractivity contribution in [3.8, 4) is 5.75 Å². The molecule has 0 radical (unpaired) electrons. The molecule has 0 saturated carbocycles. The molecule has 78 valence electrons. The molecule has 0 aliphatic heterocycles. The van der Waals surface area contributed by atoms with Crippen LogP contribution in [0.3, 0.4) is 0 Å². The van der Waals surface area contributed by atoms with Gasteiger partial charge in [-0.05, 0) is 18.2 Å². The number of hydrogen-bond acceptors (Lipinski definition) is 3. The van der Waals surface area contributed by atoms with Gasteiger partial charge in [0.25, 0.3) is 0 Å². The highest BCUT2D eigenvalue weighted by molar-refractivity contribution is 9.10. The molecule has 3 N–H and O–H groups in total. The smallest absolute Gasteiger partial charge is 0.120 e. The lowest BCUT2D eigenvalue weighted by Gasteiger charge is -2.06. The second-order valence-electron chi connectivity index (χ2n) is 3.11. The van der Waals surface area contributed by atoms with Crippen molar-refractivity contribution in [2.45, 2.75) is 6.54 Å². The number of benzene rings is 1. The van der Waals surface area contributed by atoms with E-state index in [0.29, 0.717) is 6.54 Å². The van der Waals surface area contributed by atoms with Gasteiger partial charge >= 0.3 is 0 Å². The minimum absolute atomic E-state index is 0.286. The third-order valence-electron chi connectivity index (χ3n) is 2.02. The van der Waals surface area contributed by atoms with Crippen LogP contribution in [0.4, 0.5) is 5.69 Å². The lowest BCUT2D eigenvalue weighted by Crippen LogP contribution is -1.98. The number of phenols is 1. The average molecular weight is 268 g/mol. The number of halogens is 1. The van der Waals surface area contributed by atoms with Crippen molar-refractivity contribution in [1.29, 1.82) is 0 Å². The normalized spacial score (nSPS) is 10.2. The summed E-state index contributed by atoms with van der Waals surface area (Å²) in [6, 6.07) is 5.34. The van der Waals surface area contributed by atoms with Crippen molar-refractivity contribution < 1.29 is 5.11 Å². The Balaban J connectivity index is 2.07. The maximum atomic E-state index is 9.58. The molecule has 0 saturated heterocycles. The summed E-state index contributed by atoms with van der Waals surface area (Å²) in [5, 5.41) is 19.2. The van der Waals surface area contributed by atoms with Crippen LogP contribution in [0.5, 0.6) is 5.75 Å². The predicted molar refractivity (Wildman–Crippen MR) is 61.7 cm³/mol. The molecule has 2 rings (SSSR count). The topological polar surface area (TPSA) is 60.9 Å². The number of phenolic OH excluding ortho intramolecular Hbond substituents is 1. The van der Waals surface area contributed by atoms with Crippen LogP contribution in [0, 0.1) is 0 Å². The van der Waals surface area contributed by atoms with Crippen LogP contribution in [-0.4, -0.2) is 15.3 Å². The van der Waals surface area contributed by atoms with E-state index in [1.54, 1.807) is 24.5 Å². The molecule has 0 amide bonds. The number of rotatable bonds is 3. The van der Waals surface area contributed by atoms with E-state index in [2.05, 4.69) is 31.4 Å². The van der Waals surface area contributed by atoms with Crippen LogP contribution in [-0.2, 0) is 6.54 Å². The molecule has 0 fully saturated rings. The van der Waals surface area contributed by atoms with Crippen LogP contribution in [0.2, 0.25) is 0 Å². The monoisotopic (exact) mass is 267 g/mol. The number of nitrogens with zero attached hydrogens (tertiary/aromatic N) is 1. The number of anilines is 1. The standard InChI is InChI=1S/C10H10BrN3O/c11-8-1-2-10(15)7(3-8)4-12-9-5-13-14-6-9/h1-3,5-6,12,15H,4H2,(H,13,14). The summed E-state index contributed by atoms with van der Waals surface area (Å²) >= 11 is 3.36. The Morgan fingerprint density at radius 1 is 1.47 bits per heavy atom. The number of hydrogen-bond donors (Lipinski definition) is 3. The third-order valence-corrected chi connectivity index (χ3v) is 2.52. The maximum Gasteiger partial charge on any atom is 0.120 e. The molecule has 0 aliphatic rings. The van der Waals surface area contributed by atoms with Gasteiger partial charge in [0.2, 0.25) is 0 Å². The molecule has 2 aromatic rings. The number of aromatic hydroxyl groups is 1. The van der Waals surface area contributed by atoms with Gasteiger partial charge in [0, 0.05) is 22.8 Å². The molecule has 0 aliphatic carbocycles. The predicted octanol–water partition coefficient (Wildman–Crippen LogP) is 2.49. The first-order chi connectivity index (χ1) is 7.25. The Hall–Kier alpha value is -1.49. The van der Waals surface area contributed by atoms with E-state index in [4.69, 9.17) is 0 Å². The Morgan fingerprint density at radius 2 is 2.33 bits per heavy atom. The van der Waals surface area contributed by atoms with E-state index in [1.807, 2.05) is 6.07 Å². The van der Waals surface area contributed by atoms with E-state index in [-0.39, 0.29) is 5.75 Å². The zero-order valence-corrected chi connectivity index (χ0v) is 9.45. The van der Waals surface area contributed by atoms with Gasteiger partial charge in [-0.1, -0.05) is 15.9 Å². The lowest BCUT2D eigenvalue weighted by atomic mass is 10.2. The van der Waals surface area contributed by atoms with Crippen LogP contribution < -0.4 is 5.32 Å². The second-order valence-corrected chi connectivity index (χ2v) is 4.03. The summed E-state index contributed by atoms with van der Waals surface area (Å²) in [6.45, 7) is 0.560. The number of H-pyrrole nitrogens is 1. The van der Waals surface area contributed by atoms with Crippen LogP contribution in [0.15, 0.2) is 35.1 Å². The molecule has 0 atom stereocenters. The summed E-state index contributed by atoms with van der Waals surface area (Å²) in [5.74, 6) is 0.286. The van der Waals surface area contributed by atoms with Crippen LogP contribution in [0.1, 0.15) is 5.56 Å². The first-order valence-electron chi connectivity index (χ1n) is 4.46. The fourth-order valence-electron chi connectivity index (χ4n) is 1.24. The maximum absolute atomic E-state index is 9.58. The zero-order chi connectivity index (χ0) is 10.7. The molecular weight excluding hydrogens is 258 g/mol. The van der Waals surface area contributed by atoms with Gasteiger partial charge in [0.15, 0.2) is 0 Å². The number of aromatic nitrogens is 2. The SMILES string of the molecule is Oc1ccc(Br)cc1CNc1cn[nH]c1. The van der Waals surface area contributed by atoms with E-state index in [0.717, 1.165) is 15.7 Å². The first-order valence-corrected chi connectivity index (χ1v) is 5.25. The van der Waals surface area contributed by atoms with E-state index >= 15 is 0 Å². The largest absolute Gasteiger partial charge is 0.508 e. The van der Waals surface area contributed by atoms with Crippen LogP contribution in [0.25, 0.3) is 0 Å². The van der Waals surface area contributed by atoms with Gasteiger partial charge in [-0.25, -0.2) is 0 Å². The van der Waals surface area contributed by atoms with E-state index < -0.39 is 0 Å². The van der Waals surface area contributed by atoms with Gasteiger partial charge < -0.3 is 10.4 Å². The van der Waals surface area contributed by atoms with Crippen molar-refractivity contribution in [2.75, 3.05) is 5.32 Å². The Labute approximate surface area is 95.5 Å². The highest BCUT2D eigenvalue weighted by Crippen LogP contribution is 2.22. The summed E-state index contributed by atoms with van der Waals surface area (Å²) in [4.78, 5) is 0. The van der Waals surface area contributed by atoms with Crippen molar-refractivity contribution in [2.24, 2.45) is 0 Å². The molecule has 15 heavy (non-hydrogen) atoms. The lowest BCUT2D eigenvalue weighted by molar-refractivity contribution is 0.469. The molecule has 0 spiro atoms. The van der Waals surface area contributed by atoms with Crippen molar-refractivity contribution in [3.05, 3.63) is 40.6 Å². The highest BCUT2D eigenvalue weighted by atomic mass is 79.9. The average Bonchev–Trinajstić information content (AvgIpc) is 2.72. The van der Waals surface area contributed by atoms with Crippen molar-refractivity contribution >= 4 is 21.6 Å². The quantitative estimate of drug-likeness (QED) is 0.801. The molecule has 4 nitrogen and oxygen atoms in total. The molecule has 5 heteroatoms. The van der Waals surface area contributed by atoms with Crippen molar-refractivity contribution in [3.63, 3.8) is 0 Å². The fourth-order valence-corrected chi connectivity index (χ4v) is 1.65. The minimum Gasteiger partial charge on any atom is -0.508 e. The first kappa shape index (κ1) is 10.0. The number of aromatic amines is 1. The molecular formula is C10H10BrN3O. The second kappa shape index (κ2) is 4.35. The van der Waals surface area contributed by atoms with E-state index in [1.165, 1.54) is 0 Å². The summed E-state index contributed by atoms with van der Waals surface area (Å²) in [7, 11) is 0. The van der Waals surface area contributed by atoms with Gasteiger partial charge in [0.1, 0.15) is 5.75 Å². The highest BCUT2D eigenvalue weighted by Gasteiger charge is 2.01. The molecule has 1 heterocycles. The van der Waals surface area contributed by atoms with Gasteiger partial charge in [-0.3, -0.25) is 5.10 Å². The van der Waals surface area contributed by atoms with Crippen molar-refractivity contribution in [1.82, 2.24) is 10.2 Å². The summed E-state index contributed by atoms with van der Waals surface area (Å²) in [6.07, 6.45) is 3.45. The van der Waals surface area contributed by atoms with Gasteiger partial charge in [0.05, 0.1) is 11.9 Å². The number of nitrogens with one attached hydrogen (secondary N) is 2. The van der Waals surface area contributed by atoms with E-state index in [9.17, 15) is 5.11 Å². The van der Waals surface area contributed by atoms with Gasteiger partial charge in [-0.2, -0.15) is 5.10 Å². The third kappa shape index (κ3) is 2.50. The van der Waals surface area contributed by atoms with Crippen LogP contribution >= 0.6 is 15.9 Å². The van der Waals surface area contributed by atoms with Gasteiger partial charge in [-0.15, -0.1) is 0 Å².